The molecular weight excluding hydrogens is 222 g/mol. The molecule has 1 aliphatic heterocycles. The van der Waals surface area contributed by atoms with E-state index in [0.29, 0.717) is 18.0 Å². The van der Waals surface area contributed by atoms with Gasteiger partial charge in [0.2, 0.25) is 0 Å². The summed E-state index contributed by atoms with van der Waals surface area (Å²) < 4.78 is 0. The van der Waals surface area contributed by atoms with E-state index in [2.05, 4.69) is 49.1 Å². The average molecular weight is 247 g/mol. The molecule has 1 N–H and O–H groups in total. The van der Waals surface area contributed by atoms with Crippen molar-refractivity contribution in [2.75, 3.05) is 13.6 Å². The van der Waals surface area contributed by atoms with Gasteiger partial charge < -0.3 is 5.32 Å². The Morgan fingerprint density at radius 2 is 2.22 bits per heavy atom. The monoisotopic (exact) mass is 247 g/mol. The number of hydrogen-bond donors (Lipinski definition) is 1. The molecule has 1 fully saturated rings. The molecule has 0 aliphatic carbocycles. The third kappa shape index (κ3) is 2.73. The van der Waals surface area contributed by atoms with E-state index in [0.717, 1.165) is 6.54 Å². The first-order chi connectivity index (χ1) is 8.63. The molecular formula is C15H25N3. The highest BCUT2D eigenvalue weighted by molar-refractivity contribution is 5.21. The molecule has 0 spiro atoms. The molecule has 1 aromatic heterocycles. The van der Waals surface area contributed by atoms with Crippen LogP contribution >= 0.6 is 0 Å². The maximum absolute atomic E-state index is 4.25. The van der Waals surface area contributed by atoms with E-state index in [1.165, 1.54) is 24.1 Å². The summed E-state index contributed by atoms with van der Waals surface area (Å²) in [7, 11) is 2.08. The van der Waals surface area contributed by atoms with Gasteiger partial charge in [-0.1, -0.05) is 6.92 Å². The Hall–Kier alpha value is -0.930. The Morgan fingerprint density at radius 1 is 1.44 bits per heavy atom. The summed E-state index contributed by atoms with van der Waals surface area (Å²) in [5.74, 6) is 0.695. The molecule has 2 heterocycles. The van der Waals surface area contributed by atoms with Gasteiger partial charge in [-0.25, -0.2) is 0 Å². The summed E-state index contributed by atoms with van der Waals surface area (Å²) in [4.78, 5) is 6.83. The fraction of sp³-hybridized carbons (Fsp3) is 0.667. The number of nitrogens with one attached hydrogen (secondary N) is 1. The van der Waals surface area contributed by atoms with Crippen molar-refractivity contribution in [3.63, 3.8) is 0 Å². The fourth-order valence-electron chi connectivity index (χ4n) is 2.95. The predicted molar refractivity (Wildman–Crippen MR) is 75.5 cm³/mol. The number of nitrogens with zero attached hydrogens (tertiary/aromatic N) is 2. The van der Waals surface area contributed by atoms with Crippen molar-refractivity contribution in [1.29, 1.82) is 0 Å². The minimum Gasteiger partial charge on any atom is -0.317 e. The van der Waals surface area contributed by atoms with Gasteiger partial charge in [0.05, 0.1) is 0 Å². The summed E-state index contributed by atoms with van der Waals surface area (Å²) >= 11 is 0. The number of aromatic nitrogens is 1. The maximum atomic E-state index is 4.25. The van der Waals surface area contributed by atoms with Crippen LogP contribution in [-0.2, 0) is 6.54 Å². The first-order valence-corrected chi connectivity index (χ1v) is 6.94. The third-order valence-electron chi connectivity index (χ3n) is 4.59. The van der Waals surface area contributed by atoms with E-state index in [1.54, 1.807) is 0 Å². The summed E-state index contributed by atoms with van der Waals surface area (Å²) in [5, 5.41) is 3.44. The molecule has 0 bridgehead atoms. The van der Waals surface area contributed by atoms with Crippen LogP contribution in [-0.4, -0.2) is 35.6 Å². The molecule has 100 valence electrons. The van der Waals surface area contributed by atoms with Crippen LogP contribution in [0.15, 0.2) is 18.5 Å². The van der Waals surface area contributed by atoms with Crippen molar-refractivity contribution in [3.05, 3.63) is 29.6 Å². The largest absolute Gasteiger partial charge is 0.317 e. The van der Waals surface area contributed by atoms with Gasteiger partial charge in [-0.15, -0.1) is 0 Å². The highest BCUT2D eigenvalue weighted by Crippen LogP contribution is 2.25. The lowest BCUT2D eigenvalue weighted by Gasteiger charge is -2.42. The van der Waals surface area contributed by atoms with Crippen LogP contribution in [0.25, 0.3) is 0 Å². The smallest absolute Gasteiger partial charge is 0.0315 e. The van der Waals surface area contributed by atoms with Crippen LogP contribution in [0, 0.1) is 12.8 Å². The molecule has 0 aromatic carbocycles. The van der Waals surface area contributed by atoms with Gasteiger partial charge in [0.25, 0.3) is 0 Å². The van der Waals surface area contributed by atoms with Gasteiger partial charge in [0.15, 0.2) is 0 Å². The van der Waals surface area contributed by atoms with Gasteiger partial charge in [0.1, 0.15) is 0 Å². The summed E-state index contributed by atoms with van der Waals surface area (Å²) in [6.45, 7) is 9.08. The van der Waals surface area contributed by atoms with Crippen molar-refractivity contribution >= 4 is 0 Å². The molecule has 3 nitrogen and oxygen atoms in total. The van der Waals surface area contributed by atoms with Crippen molar-refractivity contribution in [1.82, 2.24) is 15.2 Å². The zero-order chi connectivity index (χ0) is 13.1. The third-order valence-corrected chi connectivity index (χ3v) is 4.59. The lowest BCUT2D eigenvalue weighted by atomic mass is 9.87. The molecule has 0 radical (unpaired) electrons. The van der Waals surface area contributed by atoms with Gasteiger partial charge in [-0.3, -0.25) is 9.88 Å². The second-order valence-corrected chi connectivity index (χ2v) is 5.56. The van der Waals surface area contributed by atoms with Crippen LogP contribution in [0.2, 0.25) is 0 Å². The Labute approximate surface area is 111 Å². The lowest BCUT2D eigenvalue weighted by molar-refractivity contribution is 0.0808. The SMILES string of the molecule is CNC1CCN(Cc2cnccc2C)C(C)C1C. The zero-order valence-electron chi connectivity index (χ0n) is 12.0. The topological polar surface area (TPSA) is 28.2 Å². The molecule has 1 aromatic rings. The lowest BCUT2D eigenvalue weighted by Crippen LogP contribution is -2.52. The van der Waals surface area contributed by atoms with Gasteiger partial charge >= 0.3 is 0 Å². The van der Waals surface area contributed by atoms with Crippen molar-refractivity contribution < 1.29 is 0 Å². The molecule has 18 heavy (non-hydrogen) atoms. The molecule has 0 amide bonds. The van der Waals surface area contributed by atoms with Crippen molar-refractivity contribution in [2.45, 2.75) is 45.8 Å². The van der Waals surface area contributed by atoms with Gasteiger partial charge in [-0.2, -0.15) is 0 Å². The quantitative estimate of drug-likeness (QED) is 0.887. The van der Waals surface area contributed by atoms with E-state index in [-0.39, 0.29) is 0 Å². The van der Waals surface area contributed by atoms with Crippen LogP contribution in [0.3, 0.4) is 0 Å². The number of hydrogen-bond acceptors (Lipinski definition) is 3. The van der Waals surface area contributed by atoms with Crippen LogP contribution in [0.1, 0.15) is 31.4 Å². The number of rotatable bonds is 3. The summed E-state index contributed by atoms with van der Waals surface area (Å²) in [6.07, 6.45) is 5.12. The molecule has 3 unspecified atom stereocenters. The van der Waals surface area contributed by atoms with Crippen LogP contribution < -0.4 is 5.32 Å². The summed E-state index contributed by atoms with van der Waals surface area (Å²) in [5.41, 5.74) is 2.71. The fourth-order valence-corrected chi connectivity index (χ4v) is 2.95. The second-order valence-electron chi connectivity index (χ2n) is 5.56. The van der Waals surface area contributed by atoms with E-state index < -0.39 is 0 Å². The predicted octanol–water partition coefficient (Wildman–Crippen LogP) is 2.21. The number of pyridine rings is 1. The first kappa shape index (κ1) is 13.5. The average Bonchev–Trinajstić information content (AvgIpc) is 2.38. The van der Waals surface area contributed by atoms with E-state index in [1.807, 2.05) is 12.4 Å². The molecule has 2 rings (SSSR count). The second kappa shape index (κ2) is 5.81. The highest BCUT2D eigenvalue weighted by atomic mass is 15.2. The molecule has 3 heteroatoms. The van der Waals surface area contributed by atoms with E-state index >= 15 is 0 Å². The zero-order valence-corrected chi connectivity index (χ0v) is 12.0. The van der Waals surface area contributed by atoms with Gasteiger partial charge in [0, 0.05) is 37.6 Å². The first-order valence-electron chi connectivity index (χ1n) is 6.94. The van der Waals surface area contributed by atoms with Crippen molar-refractivity contribution in [3.8, 4) is 0 Å². The van der Waals surface area contributed by atoms with Gasteiger partial charge in [-0.05, 0) is 50.4 Å². The standard InChI is InChI=1S/C15H25N3/c1-11-5-7-17-9-14(11)10-18-8-6-15(16-4)12(2)13(18)3/h5,7,9,12-13,15-16H,6,8,10H2,1-4H3. The Morgan fingerprint density at radius 3 is 2.89 bits per heavy atom. The summed E-state index contributed by atoms with van der Waals surface area (Å²) in [6, 6.07) is 3.38. The highest BCUT2D eigenvalue weighted by Gasteiger charge is 2.31. The van der Waals surface area contributed by atoms with Crippen LogP contribution in [0.5, 0.6) is 0 Å². The van der Waals surface area contributed by atoms with Crippen molar-refractivity contribution in [2.24, 2.45) is 5.92 Å². The molecule has 3 atom stereocenters. The van der Waals surface area contributed by atoms with Crippen LogP contribution in [0.4, 0.5) is 0 Å². The minimum atomic E-state index is 0.621. The number of aryl methyl sites for hydroxylation is 1. The minimum absolute atomic E-state index is 0.621. The Balaban J connectivity index is 2.05. The molecule has 1 aliphatic rings. The molecule has 1 saturated heterocycles. The Bertz CT molecular complexity index is 391. The van der Waals surface area contributed by atoms with E-state index in [4.69, 9.17) is 0 Å². The number of likely N-dealkylation sites (tertiary alicyclic amines) is 1. The number of piperidine rings is 1. The Kier molecular flexibility index (Phi) is 4.36. The molecule has 0 saturated carbocycles. The van der Waals surface area contributed by atoms with E-state index in [9.17, 15) is 0 Å². The maximum Gasteiger partial charge on any atom is 0.0315 e. The normalized spacial score (nSPS) is 29.4.